The van der Waals surface area contributed by atoms with Crippen molar-refractivity contribution in [1.82, 2.24) is 25.3 Å². The van der Waals surface area contributed by atoms with Crippen LogP contribution in [0.2, 0.25) is 46.3 Å². The largest absolute Gasteiger partial charge is 0.542 e. The van der Waals surface area contributed by atoms with Crippen molar-refractivity contribution >= 4 is 77.3 Å². The Kier molecular flexibility index (Phi) is 17.8. The number of sulfonamides is 2. The highest BCUT2D eigenvalue weighted by Gasteiger charge is 2.40. The van der Waals surface area contributed by atoms with Gasteiger partial charge in [-0.3, -0.25) is 9.44 Å². The van der Waals surface area contributed by atoms with Gasteiger partial charge in [0, 0.05) is 25.5 Å². The molecule has 4 aromatic rings. The van der Waals surface area contributed by atoms with Gasteiger partial charge in [-0.1, -0.05) is 64.7 Å². The van der Waals surface area contributed by atoms with E-state index in [1.165, 1.54) is 18.3 Å². The molecule has 0 bridgehead atoms. The molecule has 2 saturated heterocycles. The second kappa shape index (κ2) is 21.6. The van der Waals surface area contributed by atoms with Crippen molar-refractivity contribution in [3.8, 4) is 11.5 Å². The van der Waals surface area contributed by atoms with E-state index < -0.39 is 47.9 Å². The van der Waals surface area contributed by atoms with E-state index in [1.54, 1.807) is 48.9 Å². The lowest BCUT2D eigenvalue weighted by Crippen LogP contribution is -2.43. The number of halogens is 3. The van der Waals surface area contributed by atoms with Gasteiger partial charge >= 0.3 is 0 Å². The van der Waals surface area contributed by atoms with E-state index in [2.05, 4.69) is 107 Å². The number of pyridine rings is 4. The van der Waals surface area contributed by atoms with Gasteiger partial charge in [0.25, 0.3) is 16.6 Å². The van der Waals surface area contributed by atoms with Crippen LogP contribution in [0, 0.1) is 5.95 Å². The van der Waals surface area contributed by atoms with E-state index >= 15 is 0 Å². The summed E-state index contributed by atoms with van der Waals surface area (Å²) in [6.45, 7) is 24.4. The maximum atomic E-state index is 12.9. The van der Waals surface area contributed by atoms with Crippen LogP contribution in [0.15, 0.2) is 73.3 Å². The van der Waals surface area contributed by atoms with Gasteiger partial charge in [-0.15, -0.1) is 0 Å². The molecule has 0 amide bonds. The van der Waals surface area contributed by atoms with Crippen LogP contribution in [0.25, 0.3) is 0 Å². The summed E-state index contributed by atoms with van der Waals surface area (Å²) in [5, 5.41) is 3.55. The average molecular weight is 986 g/mol. The topological polar surface area (TPSA) is 178 Å². The van der Waals surface area contributed by atoms with Crippen LogP contribution in [-0.2, 0) is 20.0 Å². The van der Waals surface area contributed by atoms with Crippen LogP contribution in [0.4, 0.5) is 21.8 Å². The van der Waals surface area contributed by atoms with Crippen molar-refractivity contribution in [2.24, 2.45) is 0 Å². The summed E-state index contributed by atoms with van der Waals surface area (Å²) < 4.78 is 80.0. The first-order valence-electron chi connectivity index (χ1n) is 20.9. The van der Waals surface area contributed by atoms with Gasteiger partial charge < -0.3 is 19.1 Å². The molecule has 4 aromatic heterocycles. The third-order valence-electron chi connectivity index (χ3n) is 11.7. The summed E-state index contributed by atoms with van der Waals surface area (Å²) in [4.78, 5) is 18.2. The summed E-state index contributed by atoms with van der Waals surface area (Å²) >= 11 is 11.3. The summed E-state index contributed by atoms with van der Waals surface area (Å²) in [5.74, 6) is 2.31. The van der Waals surface area contributed by atoms with Crippen LogP contribution in [0.5, 0.6) is 11.5 Å². The van der Waals surface area contributed by atoms with E-state index in [0.29, 0.717) is 72.0 Å². The van der Waals surface area contributed by atoms with E-state index in [1.807, 2.05) is 6.07 Å². The third-order valence-corrected chi connectivity index (χ3v) is 24.5. The van der Waals surface area contributed by atoms with Gasteiger partial charge in [0.05, 0.1) is 32.9 Å². The predicted molar refractivity (Wildman–Crippen MR) is 259 cm³/mol. The minimum absolute atomic E-state index is 0.0731. The first-order chi connectivity index (χ1) is 29.2. The molecular formula is C42H63Cl2FN8O6S2Si2. The Morgan fingerprint density at radius 3 is 1.41 bits per heavy atom. The summed E-state index contributed by atoms with van der Waals surface area (Å²) in [5.41, 5.74) is 0. The molecule has 63 heavy (non-hydrogen) atoms. The maximum absolute atomic E-state index is 12.9. The molecule has 2 aliphatic rings. The highest BCUT2D eigenvalue weighted by molar-refractivity contribution is 7.93. The molecule has 0 radical (unpaired) electrons. The third kappa shape index (κ3) is 15.8. The monoisotopic (exact) mass is 984 g/mol. The van der Waals surface area contributed by atoms with Crippen molar-refractivity contribution < 1.29 is 30.1 Å². The first-order valence-corrected chi connectivity index (χ1v) is 30.5. The normalized spacial score (nSPS) is 15.9. The van der Waals surface area contributed by atoms with E-state index in [4.69, 9.17) is 32.1 Å². The molecule has 0 unspecified atom stereocenters. The van der Waals surface area contributed by atoms with Crippen molar-refractivity contribution in [3.05, 3.63) is 89.3 Å². The van der Waals surface area contributed by atoms with Crippen molar-refractivity contribution in [2.75, 3.05) is 40.5 Å². The number of hydrogen-bond acceptors (Lipinski definition) is 12. The SMILES string of the molecule is CC(C)(C)[Si](C)(C)Oc1ccc(NS(=O)(=O)C2CCN(c3ccc(Cl)cn3)CC2)nc1.CC(C)(C)[Si](C)(C)Oc1ccc(NS(=O)(=O)C2CCNCC2)nc1.Fc1ccc(Cl)cn1. The zero-order chi connectivity index (χ0) is 46.9. The van der Waals surface area contributed by atoms with Gasteiger partial charge in [-0.05, 0) is 124 Å². The number of anilines is 3. The zero-order valence-corrected chi connectivity index (χ0v) is 43.0. The second-order valence-electron chi connectivity index (χ2n) is 18.5. The molecule has 6 rings (SSSR count). The molecule has 0 aliphatic carbocycles. The molecular weight excluding hydrogens is 923 g/mol. The van der Waals surface area contributed by atoms with Crippen LogP contribution in [0.1, 0.15) is 67.2 Å². The maximum Gasteiger partial charge on any atom is 0.250 e. The van der Waals surface area contributed by atoms with E-state index in [-0.39, 0.29) is 15.3 Å². The Bertz CT molecular complexity index is 2250. The minimum atomic E-state index is -3.53. The lowest BCUT2D eigenvalue weighted by atomic mass is 10.1. The number of piperidine rings is 2. The van der Waals surface area contributed by atoms with Gasteiger partial charge in [0.1, 0.15) is 29.0 Å². The van der Waals surface area contributed by atoms with E-state index in [9.17, 15) is 21.2 Å². The summed E-state index contributed by atoms with van der Waals surface area (Å²) in [7, 11) is -10.8. The standard InChI is InChI=1S/C21H31ClN4O3SSi.C16H29N3O3SSi.C5H3ClFN/c1-21(2,3)31(4,5)29-17-7-8-19(23-15-17)25-30(27,28)18-10-12-26(13-11-18)20-9-6-16(22)14-24-20;1-16(2,3)24(4,5)22-13-6-7-15(18-12-13)19-23(20,21)14-8-10-17-11-9-14;6-4-1-2-5(7)8-3-4/h6-9,14-15,18H,10-13H2,1-5H3,(H,23,25);6-7,12,14,17H,8-11H2,1-5H3,(H,18,19);1-3H. The van der Waals surface area contributed by atoms with Crippen LogP contribution < -0.4 is 28.5 Å². The fourth-order valence-electron chi connectivity index (χ4n) is 5.77. The number of nitrogens with zero attached hydrogens (tertiary/aromatic N) is 5. The van der Waals surface area contributed by atoms with Crippen molar-refractivity contribution in [1.29, 1.82) is 0 Å². The molecule has 0 saturated carbocycles. The highest BCUT2D eigenvalue weighted by Crippen LogP contribution is 2.38. The number of hydrogen-bond donors (Lipinski definition) is 3. The Morgan fingerprint density at radius 1 is 0.635 bits per heavy atom. The summed E-state index contributed by atoms with van der Waals surface area (Å²) in [6, 6.07) is 13.2. The summed E-state index contributed by atoms with van der Waals surface area (Å²) in [6.07, 6.45) is 8.35. The predicted octanol–water partition coefficient (Wildman–Crippen LogP) is 9.76. The Hall–Kier alpha value is -3.60. The smallest absolute Gasteiger partial charge is 0.250 e. The van der Waals surface area contributed by atoms with Gasteiger partial charge in [0.15, 0.2) is 0 Å². The number of aromatic nitrogens is 4. The van der Waals surface area contributed by atoms with Gasteiger partial charge in [-0.2, -0.15) is 4.39 Å². The average Bonchev–Trinajstić information content (AvgIpc) is 3.20. The minimum Gasteiger partial charge on any atom is -0.542 e. The lowest BCUT2D eigenvalue weighted by molar-refractivity contribution is 0.490. The van der Waals surface area contributed by atoms with Crippen molar-refractivity contribution in [2.45, 2.75) is 114 Å². The number of rotatable bonds is 11. The first kappa shape index (κ1) is 52.0. The molecule has 0 spiro atoms. The van der Waals surface area contributed by atoms with Crippen LogP contribution in [-0.4, -0.2) is 90.1 Å². The number of nitrogens with one attached hydrogen (secondary N) is 3. The zero-order valence-electron chi connectivity index (χ0n) is 37.9. The van der Waals surface area contributed by atoms with Crippen LogP contribution >= 0.6 is 23.2 Å². The van der Waals surface area contributed by atoms with Crippen LogP contribution in [0.3, 0.4) is 0 Å². The fourth-order valence-corrected chi connectivity index (χ4v) is 10.9. The molecule has 14 nitrogen and oxygen atoms in total. The molecule has 348 valence electrons. The molecule has 6 heterocycles. The Morgan fingerprint density at radius 2 is 1.06 bits per heavy atom. The fraction of sp³-hybridized carbons (Fsp3) is 0.524. The molecule has 0 atom stereocenters. The Balaban J connectivity index is 0.000000240. The second-order valence-corrected chi connectivity index (χ2v) is 32.8. The molecule has 0 aromatic carbocycles. The molecule has 2 fully saturated rings. The lowest BCUT2D eigenvalue weighted by Gasteiger charge is -2.36. The molecule has 21 heteroatoms. The molecule has 2 aliphatic heterocycles. The quantitative estimate of drug-likeness (QED) is 0.0959. The molecule has 3 N–H and O–H groups in total. The van der Waals surface area contributed by atoms with E-state index in [0.717, 1.165) is 18.9 Å². The highest BCUT2D eigenvalue weighted by atomic mass is 35.5. The van der Waals surface area contributed by atoms with Gasteiger partial charge in [0.2, 0.25) is 26.0 Å². The van der Waals surface area contributed by atoms with Crippen molar-refractivity contribution in [3.63, 3.8) is 0 Å². The Labute approximate surface area is 385 Å². The van der Waals surface area contributed by atoms with Gasteiger partial charge in [-0.25, -0.2) is 36.8 Å².